The van der Waals surface area contributed by atoms with Gasteiger partial charge in [0.25, 0.3) is 0 Å². The lowest BCUT2D eigenvalue weighted by molar-refractivity contribution is 0.405. The van der Waals surface area contributed by atoms with Crippen LogP contribution in [0.4, 0.5) is 8.78 Å². The summed E-state index contributed by atoms with van der Waals surface area (Å²) in [5, 5.41) is -0.982. The average Bonchev–Trinajstić information content (AvgIpc) is 2.74. The molecule has 0 amide bonds. The molecule has 1 aromatic carbocycles. The predicted octanol–water partition coefficient (Wildman–Crippen LogP) is 4.66. The van der Waals surface area contributed by atoms with Gasteiger partial charge in [0.2, 0.25) is 0 Å². The van der Waals surface area contributed by atoms with Crippen molar-refractivity contribution >= 4 is 27.5 Å². The van der Waals surface area contributed by atoms with Gasteiger partial charge < -0.3 is 9.15 Å². The van der Waals surface area contributed by atoms with E-state index < -0.39 is 17.0 Å². The van der Waals surface area contributed by atoms with E-state index in [9.17, 15) is 8.78 Å². The first-order chi connectivity index (χ1) is 8.54. The van der Waals surface area contributed by atoms with Crippen LogP contribution in [-0.4, -0.2) is 7.11 Å². The van der Waals surface area contributed by atoms with E-state index in [4.69, 9.17) is 20.8 Å². The number of benzene rings is 1. The van der Waals surface area contributed by atoms with E-state index in [-0.39, 0.29) is 11.3 Å². The molecule has 0 fully saturated rings. The van der Waals surface area contributed by atoms with Gasteiger partial charge in [0.05, 0.1) is 18.8 Å². The van der Waals surface area contributed by atoms with Crippen LogP contribution in [0, 0.1) is 11.6 Å². The molecule has 96 valence electrons. The van der Waals surface area contributed by atoms with Crippen molar-refractivity contribution in [2.45, 2.75) is 5.38 Å². The number of methoxy groups -OCH3 is 1. The first kappa shape index (κ1) is 13.4. The van der Waals surface area contributed by atoms with Crippen LogP contribution in [0.25, 0.3) is 0 Å². The van der Waals surface area contributed by atoms with E-state index in [1.165, 1.54) is 13.4 Å². The van der Waals surface area contributed by atoms with Crippen LogP contribution in [0.3, 0.4) is 0 Å². The van der Waals surface area contributed by atoms with Crippen molar-refractivity contribution in [2.75, 3.05) is 7.11 Å². The SMILES string of the molecule is COc1cc(F)c(C(Cl)c2ccoc2Br)c(F)c1. The molecule has 0 saturated heterocycles. The molecule has 2 aromatic rings. The van der Waals surface area contributed by atoms with Gasteiger partial charge in [-0.15, -0.1) is 11.6 Å². The molecule has 6 heteroatoms. The number of alkyl halides is 1. The lowest BCUT2D eigenvalue weighted by Crippen LogP contribution is -2.01. The quantitative estimate of drug-likeness (QED) is 0.760. The van der Waals surface area contributed by atoms with Crippen molar-refractivity contribution in [2.24, 2.45) is 0 Å². The molecule has 2 rings (SSSR count). The summed E-state index contributed by atoms with van der Waals surface area (Å²) in [6, 6.07) is 3.72. The Morgan fingerprint density at radius 2 is 1.94 bits per heavy atom. The van der Waals surface area contributed by atoms with Crippen molar-refractivity contribution in [1.82, 2.24) is 0 Å². The maximum Gasteiger partial charge on any atom is 0.173 e. The summed E-state index contributed by atoms with van der Waals surface area (Å²) < 4.78 is 37.8. The van der Waals surface area contributed by atoms with Gasteiger partial charge >= 0.3 is 0 Å². The Balaban J connectivity index is 2.48. The lowest BCUT2D eigenvalue weighted by Gasteiger charge is -2.12. The molecule has 0 saturated carbocycles. The van der Waals surface area contributed by atoms with Crippen LogP contribution in [0.1, 0.15) is 16.5 Å². The summed E-state index contributed by atoms with van der Waals surface area (Å²) >= 11 is 9.19. The van der Waals surface area contributed by atoms with E-state index in [0.717, 1.165) is 12.1 Å². The van der Waals surface area contributed by atoms with Gasteiger partial charge in [-0.3, -0.25) is 0 Å². The molecule has 0 spiro atoms. The second-order valence-corrected chi connectivity index (χ2v) is 4.67. The first-order valence-corrected chi connectivity index (χ1v) is 6.17. The molecule has 0 radical (unpaired) electrons. The molecule has 2 nitrogen and oxygen atoms in total. The van der Waals surface area contributed by atoms with Gasteiger partial charge in [0.1, 0.15) is 17.4 Å². The van der Waals surface area contributed by atoms with E-state index in [2.05, 4.69) is 15.9 Å². The van der Waals surface area contributed by atoms with E-state index in [1.807, 2.05) is 0 Å². The molecule has 0 N–H and O–H groups in total. The molecular formula is C12H8BrClF2O2. The van der Waals surface area contributed by atoms with Crippen LogP contribution < -0.4 is 4.74 Å². The highest BCUT2D eigenvalue weighted by Gasteiger charge is 2.24. The van der Waals surface area contributed by atoms with Crippen molar-refractivity contribution < 1.29 is 17.9 Å². The molecule has 1 heterocycles. The van der Waals surface area contributed by atoms with Crippen LogP contribution in [-0.2, 0) is 0 Å². The minimum atomic E-state index is -0.982. The van der Waals surface area contributed by atoms with Crippen molar-refractivity contribution in [3.63, 3.8) is 0 Å². The van der Waals surface area contributed by atoms with Gasteiger partial charge in [-0.25, -0.2) is 8.78 Å². The summed E-state index contributed by atoms with van der Waals surface area (Å²) in [4.78, 5) is 0. The Morgan fingerprint density at radius 3 is 2.39 bits per heavy atom. The molecule has 1 atom stereocenters. The van der Waals surface area contributed by atoms with Gasteiger partial charge in [0, 0.05) is 23.3 Å². The number of hydrogen-bond acceptors (Lipinski definition) is 2. The third-order valence-corrected chi connectivity index (χ3v) is 3.56. The second-order valence-electron chi connectivity index (χ2n) is 3.52. The standard InChI is InChI=1S/C12H8BrClF2O2/c1-17-6-4-8(15)10(9(16)5-6)11(14)7-2-3-18-12(7)13/h2-5,11H,1H3. The fourth-order valence-electron chi connectivity index (χ4n) is 1.56. The van der Waals surface area contributed by atoms with Crippen LogP contribution in [0.5, 0.6) is 5.75 Å². The summed E-state index contributed by atoms with van der Waals surface area (Å²) in [5.41, 5.74) is 0.221. The van der Waals surface area contributed by atoms with Gasteiger partial charge in [-0.1, -0.05) is 0 Å². The predicted molar refractivity (Wildman–Crippen MR) is 67.0 cm³/mol. The van der Waals surface area contributed by atoms with Gasteiger partial charge in [-0.2, -0.15) is 0 Å². The third-order valence-electron chi connectivity index (χ3n) is 2.46. The number of halogens is 4. The maximum atomic E-state index is 13.8. The van der Waals surface area contributed by atoms with Gasteiger partial charge in [-0.05, 0) is 22.0 Å². The normalized spacial score (nSPS) is 12.5. The fourth-order valence-corrected chi connectivity index (χ4v) is 2.54. The Hall–Kier alpha value is -1.07. The minimum absolute atomic E-state index is 0.101. The highest BCUT2D eigenvalue weighted by molar-refractivity contribution is 9.10. The number of hydrogen-bond donors (Lipinski definition) is 0. The smallest absolute Gasteiger partial charge is 0.173 e. The lowest BCUT2D eigenvalue weighted by atomic mass is 10.1. The zero-order valence-electron chi connectivity index (χ0n) is 9.22. The van der Waals surface area contributed by atoms with E-state index >= 15 is 0 Å². The third kappa shape index (κ3) is 2.37. The van der Waals surface area contributed by atoms with Crippen molar-refractivity contribution in [1.29, 1.82) is 0 Å². The number of ether oxygens (including phenoxy) is 1. The first-order valence-electron chi connectivity index (χ1n) is 4.94. The molecular weight excluding hydrogens is 329 g/mol. The van der Waals surface area contributed by atoms with Crippen LogP contribution in [0.15, 0.2) is 33.5 Å². The van der Waals surface area contributed by atoms with Crippen LogP contribution in [0.2, 0.25) is 0 Å². The van der Waals surface area contributed by atoms with Crippen molar-refractivity contribution in [3.05, 3.63) is 51.9 Å². The van der Waals surface area contributed by atoms with Crippen molar-refractivity contribution in [3.8, 4) is 5.75 Å². The average molecular weight is 338 g/mol. The highest BCUT2D eigenvalue weighted by Crippen LogP contribution is 2.38. The summed E-state index contributed by atoms with van der Waals surface area (Å²) in [5.74, 6) is -1.43. The summed E-state index contributed by atoms with van der Waals surface area (Å²) in [6.45, 7) is 0. The van der Waals surface area contributed by atoms with E-state index in [0.29, 0.717) is 10.2 Å². The molecule has 1 unspecified atom stereocenters. The fraction of sp³-hybridized carbons (Fsp3) is 0.167. The Bertz CT molecular complexity index is 548. The Kier molecular flexibility index (Phi) is 3.92. The maximum absolute atomic E-state index is 13.8. The molecule has 18 heavy (non-hydrogen) atoms. The van der Waals surface area contributed by atoms with Crippen LogP contribution >= 0.6 is 27.5 Å². The molecule has 0 bridgehead atoms. The molecule has 0 aliphatic carbocycles. The summed E-state index contributed by atoms with van der Waals surface area (Å²) in [6.07, 6.45) is 1.38. The van der Waals surface area contributed by atoms with E-state index in [1.54, 1.807) is 6.07 Å². The topological polar surface area (TPSA) is 22.4 Å². The van der Waals surface area contributed by atoms with Gasteiger partial charge in [0.15, 0.2) is 4.67 Å². The zero-order valence-corrected chi connectivity index (χ0v) is 11.6. The second kappa shape index (κ2) is 5.28. The molecule has 1 aromatic heterocycles. The Labute approximate surface area is 116 Å². The zero-order chi connectivity index (χ0) is 13.3. The Morgan fingerprint density at radius 1 is 1.33 bits per heavy atom. The monoisotopic (exact) mass is 336 g/mol. The largest absolute Gasteiger partial charge is 0.497 e. The number of rotatable bonds is 3. The summed E-state index contributed by atoms with van der Waals surface area (Å²) in [7, 11) is 1.33. The molecule has 0 aliphatic rings. The minimum Gasteiger partial charge on any atom is -0.497 e. The number of furan rings is 1. The molecule has 0 aliphatic heterocycles. The highest BCUT2D eigenvalue weighted by atomic mass is 79.9.